The number of anilines is 1. The molecule has 1 fully saturated rings. The van der Waals surface area contributed by atoms with Gasteiger partial charge in [0.2, 0.25) is 10.0 Å². The highest BCUT2D eigenvalue weighted by Gasteiger charge is 2.42. The summed E-state index contributed by atoms with van der Waals surface area (Å²) in [7, 11) is -3.72. The maximum Gasteiger partial charge on any atom is 0.238 e. The van der Waals surface area contributed by atoms with Gasteiger partial charge in [-0.25, -0.2) is 18.5 Å². The molecule has 9 heteroatoms. The molecule has 0 unspecified atom stereocenters. The van der Waals surface area contributed by atoms with Crippen molar-refractivity contribution in [1.82, 2.24) is 19.9 Å². The molecule has 152 valence electrons. The van der Waals surface area contributed by atoms with Gasteiger partial charge < -0.3 is 10.6 Å². The minimum absolute atomic E-state index is 0.120. The summed E-state index contributed by atoms with van der Waals surface area (Å²) in [6, 6.07) is 8.65. The zero-order valence-corrected chi connectivity index (χ0v) is 16.9. The van der Waals surface area contributed by atoms with Gasteiger partial charge in [0, 0.05) is 23.6 Å². The second-order valence-electron chi connectivity index (χ2n) is 7.97. The van der Waals surface area contributed by atoms with Gasteiger partial charge in [0.1, 0.15) is 5.82 Å². The van der Waals surface area contributed by atoms with Crippen molar-refractivity contribution in [3.05, 3.63) is 53.3 Å². The Morgan fingerprint density at radius 2 is 2.03 bits per heavy atom. The fourth-order valence-corrected chi connectivity index (χ4v) is 5.31. The molecule has 4 N–H and O–H groups in total. The van der Waals surface area contributed by atoms with Crippen LogP contribution in [-0.4, -0.2) is 36.1 Å². The molecule has 1 aromatic carbocycles. The first-order valence-electron chi connectivity index (χ1n) is 9.90. The number of nitrogens with one attached hydrogen (secondary N) is 2. The molecular formula is C20H24N6O2S. The van der Waals surface area contributed by atoms with Gasteiger partial charge >= 0.3 is 0 Å². The SMILES string of the molecule is NS(=O)(=O)c1cccc(CNc2c3c(nc4ccnn24)C2(CCNCC2)CC3)c1. The minimum Gasteiger partial charge on any atom is -0.366 e. The monoisotopic (exact) mass is 412 g/mol. The quantitative estimate of drug-likeness (QED) is 0.599. The highest BCUT2D eigenvalue weighted by molar-refractivity contribution is 7.89. The zero-order valence-electron chi connectivity index (χ0n) is 16.1. The van der Waals surface area contributed by atoms with Gasteiger partial charge in [-0.2, -0.15) is 9.61 Å². The molecule has 0 saturated carbocycles. The molecule has 2 aromatic heterocycles. The molecule has 0 radical (unpaired) electrons. The Morgan fingerprint density at radius 3 is 2.83 bits per heavy atom. The second-order valence-corrected chi connectivity index (χ2v) is 9.53. The van der Waals surface area contributed by atoms with Gasteiger partial charge in [-0.15, -0.1) is 0 Å². The predicted molar refractivity (Wildman–Crippen MR) is 110 cm³/mol. The summed E-state index contributed by atoms with van der Waals surface area (Å²) in [6.45, 7) is 2.52. The number of piperidine rings is 1. The number of sulfonamides is 1. The lowest BCUT2D eigenvalue weighted by Crippen LogP contribution is -2.39. The van der Waals surface area contributed by atoms with Crippen LogP contribution in [0, 0.1) is 0 Å². The molecule has 8 nitrogen and oxygen atoms in total. The number of nitrogens with two attached hydrogens (primary N) is 1. The van der Waals surface area contributed by atoms with E-state index in [4.69, 9.17) is 10.1 Å². The topological polar surface area (TPSA) is 114 Å². The first-order valence-corrected chi connectivity index (χ1v) is 11.4. The van der Waals surface area contributed by atoms with Crippen molar-refractivity contribution < 1.29 is 8.42 Å². The summed E-state index contributed by atoms with van der Waals surface area (Å²) >= 11 is 0. The lowest BCUT2D eigenvalue weighted by molar-refractivity contribution is 0.301. The summed E-state index contributed by atoms with van der Waals surface area (Å²) in [6.07, 6.45) is 6.05. The third-order valence-electron chi connectivity index (χ3n) is 6.24. The summed E-state index contributed by atoms with van der Waals surface area (Å²) in [5, 5.41) is 16.7. The fraction of sp³-hybridized carbons (Fsp3) is 0.400. The lowest BCUT2D eigenvalue weighted by atomic mass is 9.77. The van der Waals surface area contributed by atoms with E-state index in [0.29, 0.717) is 6.54 Å². The van der Waals surface area contributed by atoms with Crippen molar-refractivity contribution in [3.63, 3.8) is 0 Å². The molecule has 3 heterocycles. The Labute approximate surface area is 169 Å². The van der Waals surface area contributed by atoms with Crippen LogP contribution in [0.3, 0.4) is 0 Å². The average molecular weight is 413 g/mol. The molecule has 2 aliphatic rings. The Bertz CT molecular complexity index is 1180. The Kier molecular flexibility index (Phi) is 4.34. The molecule has 1 spiro atoms. The van der Waals surface area contributed by atoms with Crippen LogP contribution in [0.15, 0.2) is 41.4 Å². The van der Waals surface area contributed by atoms with E-state index in [0.717, 1.165) is 55.8 Å². The average Bonchev–Trinajstić information content (AvgIpc) is 3.31. The maximum atomic E-state index is 11.7. The van der Waals surface area contributed by atoms with Crippen LogP contribution in [0.25, 0.3) is 5.65 Å². The van der Waals surface area contributed by atoms with Crippen molar-refractivity contribution in [2.24, 2.45) is 5.14 Å². The lowest BCUT2D eigenvalue weighted by Gasteiger charge is -2.34. The van der Waals surface area contributed by atoms with Crippen molar-refractivity contribution >= 4 is 21.5 Å². The normalized spacial score (nSPS) is 18.2. The van der Waals surface area contributed by atoms with Crippen molar-refractivity contribution in [1.29, 1.82) is 0 Å². The fourth-order valence-electron chi connectivity index (χ4n) is 4.73. The van der Waals surface area contributed by atoms with E-state index in [2.05, 4.69) is 15.7 Å². The number of nitrogens with zero attached hydrogens (tertiary/aromatic N) is 3. The molecule has 1 aliphatic carbocycles. The third kappa shape index (κ3) is 3.19. The highest BCUT2D eigenvalue weighted by Crippen LogP contribution is 2.46. The summed E-state index contributed by atoms with van der Waals surface area (Å²) in [4.78, 5) is 5.11. The molecule has 5 rings (SSSR count). The minimum atomic E-state index is -3.72. The molecule has 3 aromatic rings. The molecule has 29 heavy (non-hydrogen) atoms. The molecular weight excluding hydrogens is 388 g/mol. The van der Waals surface area contributed by atoms with Gasteiger partial charge in [0.15, 0.2) is 5.65 Å². The van der Waals surface area contributed by atoms with E-state index >= 15 is 0 Å². The zero-order chi connectivity index (χ0) is 20.1. The first-order chi connectivity index (χ1) is 14.0. The number of primary sulfonamides is 1. The number of rotatable bonds is 4. The van der Waals surface area contributed by atoms with Crippen LogP contribution >= 0.6 is 0 Å². The van der Waals surface area contributed by atoms with Crippen molar-refractivity contribution in [2.75, 3.05) is 18.4 Å². The molecule has 0 atom stereocenters. The standard InChI is InChI=1S/C20H24N6O2S/c21-29(27,28)15-3-1-2-14(12-15)13-23-19-16-4-6-20(7-10-22-11-8-20)18(16)25-17-5-9-24-26(17)19/h1-3,5,9,12,22-23H,4,6-8,10-11,13H2,(H2,21,27,28). The van der Waals surface area contributed by atoms with E-state index in [9.17, 15) is 8.42 Å². The number of hydrogen-bond donors (Lipinski definition) is 3. The summed E-state index contributed by atoms with van der Waals surface area (Å²) in [5.41, 5.74) is 4.26. The van der Waals surface area contributed by atoms with E-state index < -0.39 is 10.0 Å². The number of fused-ring (bicyclic) bond motifs is 3. The van der Waals surface area contributed by atoms with Crippen LogP contribution in [0.1, 0.15) is 36.1 Å². The van der Waals surface area contributed by atoms with Gasteiger partial charge in [-0.3, -0.25) is 0 Å². The van der Waals surface area contributed by atoms with Crippen LogP contribution in [0.2, 0.25) is 0 Å². The maximum absolute atomic E-state index is 11.7. The van der Waals surface area contributed by atoms with Gasteiger partial charge in [-0.1, -0.05) is 12.1 Å². The van der Waals surface area contributed by atoms with Crippen molar-refractivity contribution in [2.45, 2.75) is 42.5 Å². The van der Waals surface area contributed by atoms with Crippen LogP contribution in [-0.2, 0) is 28.4 Å². The Hall–Kier alpha value is -2.49. The van der Waals surface area contributed by atoms with E-state index in [1.165, 1.54) is 17.3 Å². The largest absolute Gasteiger partial charge is 0.366 e. The molecule has 0 amide bonds. The number of hydrogen-bond acceptors (Lipinski definition) is 6. The third-order valence-corrected chi connectivity index (χ3v) is 7.15. The number of benzene rings is 1. The summed E-state index contributed by atoms with van der Waals surface area (Å²) in [5.74, 6) is 0.950. The van der Waals surface area contributed by atoms with Crippen LogP contribution in [0.5, 0.6) is 0 Å². The highest BCUT2D eigenvalue weighted by atomic mass is 32.2. The second kappa shape index (κ2) is 6.79. The van der Waals surface area contributed by atoms with E-state index in [1.54, 1.807) is 18.3 Å². The smallest absolute Gasteiger partial charge is 0.238 e. The molecule has 1 aliphatic heterocycles. The van der Waals surface area contributed by atoms with Gasteiger partial charge in [0.25, 0.3) is 0 Å². The predicted octanol–water partition coefficient (Wildman–Crippen LogP) is 1.56. The molecule has 0 bridgehead atoms. The van der Waals surface area contributed by atoms with E-state index in [1.807, 2.05) is 16.6 Å². The summed E-state index contributed by atoms with van der Waals surface area (Å²) < 4.78 is 25.2. The van der Waals surface area contributed by atoms with Crippen molar-refractivity contribution in [3.8, 4) is 0 Å². The first kappa shape index (κ1) is 18.5. The van der Waals surface area contributed by atoms with Crippen LogP contribution in [0.4, 0.5) is 5.82 Å². The number of aromatic nitrogens is 3. The van der Waals surface area contributed by atoms with Gasteiger partial charge in [-0.05, 0) is 56.5 Å². The Morgan fingerprint density at radius 1 is 1.21 bits per heavy atom. The van der Waals surface area contributed by atoms with Crippen LogP contribution < -0.4 is 15.8 Å². The van der Waals surface area contributed by atoms with E-state index in [-0.39, 0.29) is 10.3 Å². The van der Waals surface area contributed by atoms with Gasteiger partial charge in [0.05, 0.1) is 16.8 Å². The Balaban J connectivity index is 1.52. The molecule has 1 saturated heterocycles.